The number of rotatable bonds is 7. The Balaban J connectivity index is 2.02. The average Bonchev–Trinajstić information content (AvgIpc) is 2.68. The molecule has 168 valence electrons. The van der Waals surface area contributed by atoms with Crippen LogP contribution in [0.25, 0.3) is 0 Å². The van der Waals surface area contributed by atoms with Gasteiger partial charge in [-0.3, -0.25) is 14.5 Å². The van der Waals surface area contributed by atoms with Crippen LogP contribution in [0.5, 0.6) is 0 Å². The van der Waals surface area contributed by atoms with Crippen molar-refractivity contribution >= 4 is 27.5 Å². The monoisotopic (exact) mass is 438 g/mol. The summed E-state index contributed by atoms with van der Waals surface area (Å²) in [5.41, 5.74) is 1.28. The van der Waals surface area contributed by atoms with E-state index in [0.717, 1.165) is 9.87 Å². The van der Waals surface area contributed by atoms with Crippen LogP contribution in [0, 0.1) is 12.8 Å². The molecule has 0 bridgehead atoms. The van der Waals surface area contributed by atoms with Gasteiger partial charge in [-0.25, -0.2) is 12.7 Å². The summed E-state index contributed by atoms with van der Waals surface area (Å²) in [4.78, 5) is 29.1. The number of sulfonamides is 1. The van der Waals surface area contributed by atoms with Crippen LogP contribution in [0.1, 0.15) is 32.8 Å². The van der Waals surface area contributed by atoms with Crippen molar-refractivity contribution in [3.8, 4) is 0 Å². The maximum Gasteiger partial charge on any atom is 0.242 e. The van der Waals surface area contributed by atoms with Crippen molar-refractivity contribution in [3.05, 3.63) is 23.8 Å². The molecule has 0 spiro atoms. The Morgan fingerprint density at radius 2 is 1.70 bits per heavy atom. The fourth-order valence-corrected chi connectivity index (χ4v) is 4.28. The molecule has 30 heavy (non-hydrogen) atoms. The first-order chi connectivity index (χ1) is 13.9. The highest BCUT2D eigenvalue weighted by Gasteiger charge is 2.28. The third-order valence-corrected chi connectivity index (χ3v) is 7.23. The molecule has 0 saturated carbocycles. The SMILES string of the molecule is Cc1ccc(S(=O)(=O)N(C)C)cc1NC(=O)[C@H](C)N1CCN(C(=O)CC(C)C)CC1. The zero-order valence-corrected chi connectivity index (χ0v) is 19.6. The molecule has 1 saturated heterocycles. The van der Waals surface area contributed by atoms with E-state index in [1.165, 1.54) is 26.2 Å². The number of amides is 2. The van der Waals surface area contributed by atoms with Crippen molar-refractivity contribution < 1.29 is 18.0 Å². The Morgan fingerprint density at radius 3 is 2.23 bits per heavy atom. The number of hydrogen-bond acceptors (Lipinski definition) is 5. The molecule has 1 atom stereocenters. The van der Waals surface area contributed by atoms with E-state index < -0.39 is 10.0 Å². The second-order valence-corrected chi connectivity index (χ2v) is 10.6. The molecule has 1 aromatic rings. The second-order valence-electron chi connectivity index (χ2n) is 8.44. The van der Waals surface area contributed by atoms with Crippen LogP contribution in [-0.2, 0) is 19.6 Å². The Kier molecular flexibility index (Phi) is 8.01. The molecule has 0 aliphatic carbocycles. The molecule has 1 aliphatic rings. The van der Waals surface area contributed by atoms with E-state index in [2.05, 4.69) is 5.32 Å². The third kappa shape index (κ3) is 5.80. The molecule has 0 radical (unpaired) electrons. The van der Waals surface area contributed by atoms with Gasteiger partial charge in [0.25, 0.3) is 0 Å². The molecule has 0 unspecified atom stereocenters. The van der Waals surface area contributed by atoms with Gasteiger partial charge in [0, 0.05) is 52.4 Å². The van der Waals surface area contributed by atoms with Gasteiger partial charge in [0.05, 0.1) is 10.9 Å². The number of aryl methyl sites for hydroxylation is 1. The molecule has 1 aromatic carbocycles. The van der Waals surface area contributed by atoms with Gasteiger partial charge < -0.3 is 10.2 Å². The van der Waals surface area contributed by atoms with Gasteiger partial charge in [0.1, 0.15) is 0 Å². The van der Waals surface area contributed by atoms with Crippen molar-refractivity contribution in [2.75, 3.05) is 45.6 Å². The van der Waals surface area contributed by atoms with E-state index in [9.17, 15) is 18.0 Å². The van der Waals surface area contributed by atoms with Crippen LogP contribution >= 0.6 is 0 Å². The topological polar surface area (TPSA) is 90.0 Å². The summed E-state index contributed by atoms with van der Waals surface area (Å²) in [6.45, 7) is 10.2. The number of anilines is 1. The highest BCUT2D eigenvalue weighted by molar-refractivity contribution is 7.89. The minimum Gasteiger partial charge on any atom is -0.340 e. The lowest BCUT2D eigenvalue weighted by atomic mass is 10.1. The molecule has 0 aromatic heterocycles. The van der Waals surface area contributed by atoms with Crippen LogP contribution < -0.4 is 5.32 Å². The predicted octanol–water partition coefficient (Wildman–Crippen LogP) is 1.76. The quantitative estimate of drug-likeness (QED) is 0.701. The fourth-order valence-electron chi connectivity index (χ4n) is 3.35. The Hall–Kier alpha value is -1.97. The van der Waals surface area contributed by atoms with Crippen molar-refractivity contribution in [2.24, 2.45) is 5.92 Å². The smallest absolute Gasteiger partial charge is 0.242 e. The summed E-state index contributed by atoms with van der Waals surface area (Å²) in [6.07, 6.45) is 0.543. The number of carbonyl (C=O) groups is 2. The van der Waals surface area contributed by atoms with Crippen molar-refractivity contribution in [1.82, 2.24) is 14.1 Å². The number of hydrogen-bond donors (Lipinski definition) is 1. The van der Waals surface area contributed by atoms with Crippen molar-refractivity contribution in [3.63, 3.8) is 0 Å². The van der Waals surface area contributed by atoms with E-state index in [1.807, 2.05) is 37.5 Å². The Morgan fingerprint density at radius 1 is 1.10 bits per heavy atom. The van der Waals surface area contributed by atoms with E-state index >= 15 is 0 Å². The summed E-state index contributed by atoms with van der Waals surface area (Å²) in [5.74, 6) is 0.297. The third-order valence-electron chi connectivity index (χ3n) is 5.42. The first-order valence-corrected chi connectivity index (χ1v) is 11.7. The molecule has 8 nitrogen and oxygen atoms in total. The van der Waals surface area contributed by atoms with Crippen molar-refractivity contribution in [1.29, 1.82) is 0 Å². The summed E-state index contributed by atoms with van der Waals surface area (Å²) in [5, 5.41) is 2.87. The standard InChI is InChI=1S/C21H34N4O4S/c1-15(2)13-20(26)25-11-9-24(10-12-25)17(4)21(27)22-19-14-18(8-7-16(19)3)30(28,29)23(5)6/h7-8,14-15,17H,9-13H2,1-6H3,(H,22,27)/t17-/m0/s1. The molecular formula is C21H34N4O4S. The van der Waals surface area contributed by atoms with Crippen LogP contribution in [0.4, 0.5) is 5.69 Å². The highest BCUT2D eigenvalue weighted by Crippen LogP contribution is 2.22. The number of benzene rings is 1. The van der Waals surface area contributed by atoms with Gasteiger partial charge in [-0.2, -0.15) is 0 Å². The van der Waals surface area contributed by atoms with Gasteiger partial charge in [-0.05, 0) is 37.5 Å². The zero-order chi connectivity index (χ0) is 22.6. The second kappa shape index (κ2) is 9.89. The minimum atomic E-state index is -3.58. The molecule has 1 aliphatic heterocycles. The molecule has 2 rings (SSSR count). The van der Waals surface area contributed by atoms with Gasteiger partial charge in [-0.1, -0.05) is 19.9 Å². The van der Waals surface area contributed by atoms with E-state index in [0.29, 0.717) is 44.2 Å². The van der Waals surface area contributed by atoms with Crippen LogP contribution in [0.15, 0.2) is 23.1 Å². The zero-order valence-electron chi connectivity index (χ0n) is 18.8. The molecule has 9 heteroatoms. The maximum absolute atomic E-state index is 12.8. The van der Waals surface area contributed by atoms with Gasteiger partial charge >= 0.3 is 0 Å². The first-order valence-electron chi connectivity index (χ1n) is 10.3. The molecule has 1 heterocycles. The lowest BCUT2D eigenvalue weighted by Crippen LogP contribution is -2.54. The average molecular weight is 439 g/mol. The van der Waals surface area contributed by atoms with Crippen LogP contribution in [-0.4, -0.2) is 80.7 Å². The Labute approximate surface area is 180 Å². The summed E-state index contributed by atoms with van der Waals surface area (Å²) < 4.78 is 25.9. The number of piperazine rings is 1. The van der Waals surface area contributed by atoms with Crippen molar-refractivity contribution in [2.45, 2.75) is 45.1 Å². The molecule has 1 N–H and O–H groups in total. The normalized spacial score (nSPS) is 16.7. The summed E-state index contributed by atoms with van der Waals surface area (Å²) in [7, 11) is -0.635. The lowest BCUT2D eigenvalue weighted by molar-refractivity contribution is -0.134. The molecular weight excluding hydrogens is 404 g/mol. The largest absolute Gasteiger partial charge is 0.340 e. The van der Waals surface area contributed by atoms with Gasteiger partial charge in [-0.15, -0.1) is 0 Å². The van der Waals surface area contributed by atoms with Crippen LogP contribution in [0.2, 0.25) is 0 Å². The minimum absolute atomic E-state index is 0.137. The molecule has 1 fully saturated rings. The number of carbonyl (C=O) groups excluding carboxylic acids is 2. The summed E-state index contributed by atoms with van der Waals surface area (Å²) in [6, 6.07) is 4.34. The number of nitrogens with zero attached hydrogens (tertiary/aromatic N) is 3. The first kappa shape index (κ1) is 24.3. The number of nitrogens with one attached hydrogen (secondary N) is 1. The van der Waals surface area contributed by atoms with E-state index in [-0.39, 0.29) is 22.8 Å². The predicted molar refractivity (Wildman–Crippen MR) is 118 cm³/mol. The van der Waals surface area contributed by atoms with Crippen LogP contribution in [0.3, 0.4) is 0 Å². The maximum atomic E-state index is 12.8. The Bertz CT molecular complexity index is 875. The molecule has 2 amide bonds. The summed E-state index contributed by atoms with van der Waals surface area (Å²) >= 11 is 0. The fraction of sp³-hybridized carbons (Fsp3) is 0.619. The lowest BCUT2D eigenvalue weighted by Gasteiger charge is -2.37. The van der Waals surface area contributed by atoms with Gasteiger partial charge in [0.15, 0.2) is 0 Å². The van der Waals surface area contributed by atoms with E-state index in [4.69, 9.17) is 0 Å². The highest BCUT2D eigenvalue weighted by atomic mass is 32.2. The van der Waals surface area contributed by atoms with Gasteiger partial charge in [0.2, 0.25) is 21.8 Å². The van der Waals surface area contributed by atoms with E-state index in [1.54, 1.807) is 6.07 Å².